The molecule has 684 valence electrons. The number of likely N-dealkylation sites (tertiary alicyclic amines) is 9. The first kappa shape index (κ1) is 98.6. The summed E-state index contributed by atoms with van der Waals surface area (Å²) in [6, 6.07) is 2.15. The Balaban J connectivity index is 0.000000137. The predicted octanol–water partition coefficient (Wildman–Crippen LogP) is 21.5. The van der Waals surface area contributed by atoms with Crippen molar-refractivity contribution in [2.75, 3.05) is 144 Å². The van der Waals surface area contributed by atoms with Gasteiger partial charge in [0, 0.05) is 179 Å². The number of piperidine rings is 2. The van der Waals surface area contributed by atoms with Crippen LogP contribution in [0, 0.1) is 38.9 Å². The molecule has 0 aromatic heterocycles. The van der Waals surface area contributed by atoms with Crippen LogP contribution in [0.25, 0.3) is 0 Å². The van der Waals surface area contributed by atoms with Crippen LogP contribution >= 0.6 is 0 Å². The van der Waals surface area contributed by atoms with Crippen LogP contribution < -0.4 is 0 Å². The van der Waals surface area contributed by atoms with Crippen molar-refractivity contribution in [1.82, 2.24) is 49.0 Å². The Bertz CT molecular complexity index is 2830. The highest BCUT2D eigenvalue weighted by Crippen LogP contribution is 2.52. The average molecular weight is 1640 g/mol. The molecule has 0 radical (unpaired) electrons. The van der Waals surface area contributed by atoms with Gasteiger partial charge in [-0.25, -0.2) is 0 Å². The molecule has 15 saturated heterocycles. The molecule has 20 fully saturated rings. The summed E-state index contributed by atoms with van der Waals surface area (Å²) in [5.74, 6) is 2.09. The van der Waals surface area contributed by atoms with Crippen molar-refractivity contribution in [3.05, 3.63) is 0 Å². The minimum absolute atomic E-state index is 0.324. The van der Waals surface area contributed by atoms with Crippen LogP contribution in [0.3, 0.4) is 0 Å². The highest BCUT2D eigenvalue weighted by atomic mass is 16.5. The quantitative estimate of drug-likeness (QED) is 0.264. The number of hydrogen-bond acceptors (Lipinski definition) is 14. The number of fused-ring (bicyclic) bond motifs is 7. The summed E-state index contributed by atoms with van der Waals surface area (Å²) in [6.07, 6.45) is 46.2. The van der Waals surface area contributed by atoms with Gasteiger partial charge in [0.2, 0.25) is 0 Å². The molecule has 0 N–H and O–H groups in total. The van der Waals surface area contributed by atoms with Crippen LogP contribution in [0.1, 0.15) is 386 Å². The fourth-order valence-corrected chi connectivity index (χ4v) is 23.9. The minimum Gasteiger partial charge on any atom is -0.381 e. The van der Waals surface area contributed by atoms with Crippen molar-refractivity contribution in [3.8, 4) is 0 Å². The first-order valence-corrected chi connectivity index (χ1v) is 50.4. The van der Waals surface area contributed by atoms with Crippen LogP contribution in [-0.4, -0.2) is 286 Å². The topological polar surface area (TPSA) is 69.3 Å². The van der Waals surface area contributed by atoms with Crippen LogP contribution in [0.15, 0.2) is 0 Å². The highest BCUT2D eigenvalue weighted by Gasteiger charge is 2.53. The minimum atomic E-state index is 0.324. The Morgan fingerprint density at radius 1 is 0.274 bits per heavy atom. The fourth-order valence-electron chi connectivity index (χ4n) is 23.9. The molecule has 20 aliphatic rings. The van der Waals surface area contributed by atoms with E-state index in [1.165, 1.54) is 291 Å². The number of nitrogens with zero attached hydrogens (tertiary/aromatic N) is 10. The van der Waals surface area contributed by atoms with Crippen LogP contribution in [0.2, 0.25) is 0 Å². The Hall–Kier alpha value is -0.560. The summed E-state index contributed by atoms with van der Waals surface area (Å²) in [5, 5.41) is 0. The molecule has 117 heavy (non-hydrogen) atoms. The van der Waals surface area contributed by atoms with Gasteiger partial charge in [-0.2, -0.15) is 0 Å². The van der Waals surface area contributed by atoms with E-state index >= 15 is 0 Å². The van der Waals surface area contributed by atoms with Gasteiger partial charge in [0.1, 0.15) is 0 Å². The lowest BCUT2D eigenvalue weighted by Crippen LogP contribution is -2.64. The fraction of sp³-hybridized carbons (Fsp3) is 1.00. The van der Waals surface area contributed by atoms with Gasteiger partial charge in [-0.05, 0) is 369 Å². The van der Waals surface area contributed by atoms with Crippen molar-refractivity contribution in [2.24, 2.45) is 38.9 Å². The third kappa shape index (κ3) is 28.2. The third-order valence-corrected chi connectivity index (χ3v) is 33.0. The van der Waals surface area contributed by atoms with E-state index in [2.05, 4.69) is 243 Å². The van der Waals surface area contributed by atoms with E-state index in [4.69, 9.17) is 18.9 Å². The van der Waals surface area contributed by atoms with Gasteiger partial charge in [0.05, 0.1) is 43.7 Å². The Morgan fingerprint density at radius 2 is 0.624 bits per heavy atom. The van der Waals surface area contributed by atoms with E-state index in [1.807, 2.05) is 0 Å². The molecule has 15 aliphatic heterocycles. The molecule has 6 bridgehead atoms. The molecule has 14 heteroatoms. The van der Waals surface area contributed by atoms with E-state index in [-0.39, 0.29) is 0 Å². The normalized spacial score (nSPS) is 32.1. The molecular weight excluding hydrogens is 1440 g/mol. The molecular formula is C103H198N10O4. The summed E-state index contributed by atoms with van der Waals surface area (Å²) < 4.78 is 22.2. The second kappa shape index (κ2) is 40.4. The SMILES string of the molecule is CC(C)(C)N1CC2(CCC2)C1.CC(C)(C)N1CC2(CCCCC2)C1.CC(C)(C)N1CC2(CCOC2)C1.CC(C)(C)N1CC2CCC(C1)O2.CC(C)(C)N1CC2CCCC2C1.CC(C)(C)N1CCC2(CCCC2)C1.CC(C)(C)N1CCC2(CCCCC2)C1.CC(C)(C)N1CCCCC1.CC(C)N1CC2CC(C1)O2.CC(C)N1CC2CC1CO2. The molecule has 5 saturated carbocycles. The summed E-state index contributed by atoms with van der Waals surface area (Å²) in [6.45, 7) is 92.3. The van der Waals surface area contributed by atoms with Gasteiger partial charge in [-0.15, -0.1) is 0 Å². The van der Waals surface area contributed by atoms with Gasteiger partial charge in [0.25, 0.3) is 0 Å². The van der Waals surface area contributed by atoms with Gasteiger partial charge < -0.3 is 18.9 Å². The number of morpholine rings is 3. The summed E-state index contributed by atoms with van der Waals surface area (Å²) in [5.41, 5.74) is 6.67. The van der Waals surface area contributed by atoms with Crippen LogP contribution in [0.5, 0.6) is 0 Å². The lowest BCUT2D eigenvalue weighted by atomic mass is 9.62. The molecule has 0 aromatic carbocycles. The number of ether oxygens (including phenoxy) is 4. The molecule has 5 aliphatic carbocycles. The van der Waals surface area contributed by atoms with E-state index in [1.54, 1.807) is 0 Å². The van der Waals surface area contributed by atoms with Crippen LogP contribution in [0.4, 0.5) is 0 Å². The van der Waals surface area contributed by atoms with E-state index in [9.17, 15) is 0 Å². The highest BCUT2D eigenvalue weighted by molar-refractivity contribution is 5.06. The summed E-state index contributed by atoms with van der Waals surface area (Å²) >= 11 is 0. The van der Waals surface area contributed by atoms with Crippen molar-refractivity contribution in [1.29, 1.82) is 0 Å². The maximum Gasteiger partial charge on any atom is 0.0731 e. The predicted molar refractivity (Wildman–Crippen MR) is 498 cm³/mol. The van der Waals surface area contributed by atoms with Crippen molar-refractivity contribution in [2.45, 2.75) is 479 Å². The summed E-state index contributed by atoms with van der Waals surface area (Å²) in [7, 11) is 0. The largest absolute Gasteiger partial charge is 0.381 e. The zero-order valence-corrected chi connectivity index (χ0v) is 83.1. The monoisotopic (exact) mass is 1640 g/mol. The second-order valence-electron chi connectivity index (χ2n) is 51.3. The molecule has 0 aromatic rings. The molecule has 8 atom stereocenters. The molecule has 5 spiro atoms. The van der Waals surface area contributed by atoms with E-state index in [0.29, 0.717) is 92.3 Å². The van der Waals surface area contributed by atoms with Crippen molar-refractivity contribution in [3.63, 3.8) is 0 Å². The first-order chi connectivity index (χ1) is 54.4. The maximum absolute atomic E-state index is 5.78. The molecule has 20 rings (SSSR count). The van der Waals surface area contributed by atoms with Gasteiger partial charge in [-0.1, -0.05) is 70.6 Å². The first-order valence-electron chi connectivity index (χ1n) is 50.4. The van der Waals surface area contributed by atoms with Crippen molar-refractivity contribution < 1.29 is 18.9 Å². The Kier molecular flexibility index (Phi) is 34.1. The second-order valence-corrected chi connectivity index (χ2v) is 51.3. The van der Waals surface area contributed by atoms with Gasteiger partial charge >= 0.3 is 0 Å². The number of hydrogen-bond donors (Lipinski definition) is 0. The molecule has 0 amide bonds. The van der Waals surface area contributed by atoms with E-state index < -0.39 is 0 Å². The van der Waals surface area contributed by atoms with E-state index in [0.717, 1.165) is 85.5 Å². The molecule has 15 heterocycles. The molecule has 8 unspecified atom stereocenters. The zero-order chi connectivity index (χ0) is 85.6. The zero-order valence-electron chi connectivity index (χ0n) is 83.1. The van der Waals surface area contributed by atoms with Crippen molar-refractivity contribution >= 4 is 0 Å². The smallest absolute Gasteiger partial charge is 0.0731 e. The van der Waals surface area contributed by atoms with Gasteiger partial charge in [-0.3, -0.25) is 49.0 Å². The Morgan fingerprint density at radius 3 is 0.923 bits per heavy atom. The standard InChI is InChI=1S/C13H25N.2C12H23N.C11H21N.2C10H19NO.C10H19N.C9H19N.2C8H15NO/c1-12(2,3)14-10-9-13(11-14)7-5-4-6-8-13;1-11(2,3)13-9-8-12(10-13)6-4-5-7-12;1-11(2,3)13-9-12(10-13)7-5-4-6-8-12;1-11(2,3)12-7-9-5-4-6-10(9)8-12;1-9(2,3)11-6-10(7-11)4-5-12-8-10;1-10(2,3)11-6-8-4-5-9(7-11)12-8;1-9(2,3)11-7-10(8-11)5-4-6-10;1-9(2,3)10-7-5-4-6-8-10;1-6(2)9-4-8-3-7(9)5-10-8;1-6(2)9-4-7-3-8(5-9)10-7/h4-11H2,1-3H3;2*4-10H2,1-3H3;9-10H,4-8H2,1-3H3;4-8H2,1-3H3;8-9H,4-7H2,1-3H3;4-8H2,1-3H3;4-8H2,1-3H3;2*6-8H,3-5H2,1-2H3. The summed E-state index contributed by atoms with van der Waals surface area (Å²) in [4.78, 5) is 26.0. The lowest BCUT2D eigenvalue weighted by molar-refractivity contribution is -0.185. The average Bonchev–Trinajstić information content (AvgIpc) is 1.25. The third-order valence-electron chi connectivity index (χ3n) is 33.0. The van der Waals surface area contributed by atoms with Gasteiger partial charge in [0.15, 0.2) is 0 Å². The lowest BCUT2D eigenvalue weighted by Gasteiger charge is -2.60. The van der Waals surface area contributed by atoms with Crippen LogP contribution in [-0.2, 0) is 18.9 Å². The molecule has 14 nitrogen and oxygen atoms in total. The maximum atomic E-state index is 5.78. The number of rotatable bonds is 2. The Labute approximate surface area is 726 Å².